The zero-order valence-corrected chi connectivity index (χ0v) is 11.4. The molecular weight excluding hydrogens is 192 g/mol. The highest BCUT2D eigenvalue weighted by molar-refractivity contribution is 4.82. The monoisotopic (exact) mass is 222 g/mol. The molecular formula is C16H30. The van der Waals surface area contributed by atoms with Crippen LogP contribution < -0.4 is 0 Å². The normalized spacial score (nSPS) is 11.9. The maximum atomic E-state index is 2.38. The molecule has 0 spiro atoms. The zero-order chi connectivity index (χ0) is 11.9. The maximum absolute atomic E-state index is 2.38. The second-order valence-electron chi connectivity index (χ2n) is 4.53. The van der Waals surface area contributed by atoms with Crippen molar-refractivity contribution in [3.8, 4) is 0 Å². The fraction of sp³-hybridized carbons (Fsp3) is 0.750. The van der Waals surface area contributed by atoms with Gasteiger partial charge in [0.15, 0.2) is 0 Å². The summed E-state index contributed by atoms with van der Waals surface area (Å²) in [5.74, 6) is 0. The quantitative estimate of drug-likeness (QED) is 0.295. The molecule has 0 heteroatoms. The SMILES string of the molecule is CC=CCCCCC=CCCCCCCC. The molecule has 0 rings (SSSR count). The van der Waals surface area contributed by atoms with Crippen LogP contribution in [0.3, 0.4) is 0 Å². The third kappa shape index (κ3) is 13.5. The van der Waals surface area contributed by atoms with E-state index in [2.05, 4.69) is 38.2 Å². The molecule has 0 aliphatic heterocycles. The predicted octanol–water partition coefficient (Wildman–Crippen LogP) is 6.04. The highest BCUT2D eigenvalue weighted by Crippen LogP contribution is 2.06. The summed E-state index contributed by atoms with van der Waals surface area (Å²) in [4.78, 5) is 0. The van der Waals surface area contributed by atoms with Gasteiger partial charge in [0.1, 0.15) is 0 Å². The Morgan fingerprint density at radius 1 is 0.625 bits per heavy atom. The molecule has 0 saturated heterocycles. The van der Waals surface area contributed by atoms with Crippen molar-refractivity contribution in [2.75, 3.05) is 0 Å². The van der Waals surface area contributed by atoms with E-state index in [0.717, 1.165) is 0 Å². The lowest BCUT2D eigenvalue weighted by molar-refractivity contribution is 0.636. The van der Waals surface area contributed by atoms with E-state index in [1.54, 1.807) is 0 Å². The van der Waals surface area contributed by atoms with Crippen LogP contribution in [0, 0.1) is 0 Å². The van der Waals surface area contributed by atoms with E-state index in [1.165, 1.54) is 64.2 Å². The molecule has 0 fully saturated rings. The van der Waals surface area contributed by atoms with Crippen LogP contribution in [0.2, 0.25) is 0 Å². The average Bonchev–Trinajstić information content (AvgIpc) is 2.31. The van der Waals surface area contributed by atoms with Crippen molar-refractivity contribution in [1.29, 1.82) is 0 Å². The fourth-order valence-corrected chi connectivity index (χ4v) is 1.79. The highest BCUT2D eigenvalue weighted by Gasteiger charge is 1.87. The van der Waals surface area contributed by atoms with E-state index in [4.69, 9.17) is 0 Å². The van der Waals surface area contributed by atoms with Crippen LogP contribution in [0.5, 0.6) is 0 Å². The molecule has 0 bridgehead atoms. The molecule has 0 heterocycles. The summed E-state index contributed by atoms with van der Waals surface area (Å²) in [5.41, 5.74) is 0. The standard InChI is InChI=1S/C16H30/c1-3-5-7-9-11-13-15-16-14-12-10-8-6-4-2/h3,5,15-16H,4,6-14H2,1-2H3. The summed E-state index contributed by atoms with van der Waals surface area (Å²) in [6, 6.07) is 0. The second kappa shape index (κ2) is 14.5. The number of allylic oxidation sites excluding steroid dienone is 4. The molecule has 16 heavy (non-hydrogen) atoms. The first-order chi connectivity index (χ1) is 7.91. The highest BCUT2D eigenvalue weighted by atomic mass is 13.9. The lowest BCUT2D eigenvalue weighted by Crippen LogP contribution is -1.76. The summed E-state index contributed by atoms with van der Waals surface area (Å²) in [5, 5.41) is 0. The van der Waals surface area contributed by atoms with Gasteiger partial charge in [-0.2, -0.15) is 0 Å². The fourth-order valence-electron chi connectivity index (χ4n) is 1.79. The Balaban J connectivity index is 3.04. The molecule has 0 N–H and O–H groups in total. The van der Waals surface area contributed by atoms with Gasteiger partial charge in [-0.25, -0.2) is 0 Å². The van der Waals surface area contributed by atoms with Crippen molar-refractivity contribution in [1.82, 2.24) is 0 Å². The van der Waals surface area contributed by atoms with Gasteiger partial charge in [0, 0.05) is 0 Å². The Hall–Kier alpha value is -0.520. The average molecular weight is 222 g/mol. The van der Waals surface area contributed by atoms with Gasteiger partial charge in [-0.1, -0.05) is 56.9 Å². The number of rotatable bonds is 11. The van der Waals surface area contributed by atoms with E-state index in [1.807, 2.05) is 0 Å². The molecule has 0 aromatic heterocycles. The van der Waals surface area contributed by atoms with E-state index in [0.29, 0.717) is 0 Å². The maximum Gasteiger partial charge on any atom is -0.0351 e. The Kier molecular flexibility index (Phi) is 14.0. The Bertz CT molecular complexity index is 165. The van der Waals surface area contributed by atoms with Gasteiger partial charge >= 0.3 is 0 Å². The second-order valence-corrected chi connectivity index (χ2v) is 4.53. The lowest BCUT2D eigenvalue weighted by atomic mass is 10.1. The van der Waals surface area contributed by atoms with Crippen LogP contribution in [0.4, 0.5) is 0 Å². The summed E-state index contributed by atoms with van der Waals surface area (Å²) >= 11 is 0. The minimum Gasteiger partial charge on any atom is -0.0917 e. The van der Waals surface area contributed by atoms with Crippen LogP contribution >= 0.6 is 0 Å². The van der Waals surface area contributed by atoms with Gasteiger partial charge in [0.25, 0.3) is 0 Å². The van der Waals surface area contributed by atoms with E-state index in [9.17, 15) is 0 Å². The summed E-state index contributed by atoms with van der Waals surface area (Å²) in [7, 11) is 0. The Labute approximate surface area is 103 Å². The van der Waals surface area contributed by atoms with Crippen LogP contribution in [0.1, 0.15) is 78.1 Å². The zero-order valence-electron chi connectivity index (χ0n) is 11.4. The molecule has 0 radical (unpaired) electrons. The van der Waals surface area contributed by atoms with E-state index < -0.39 is 0 Å². The molecule has 0 atom stereocenters. The van der Waals surface area contributed by atoms with Gasteiger partial charge in [0.2, 0.25) is 0 Å². The van der Waals surface area contributed by atoms with Crippen LogP contribution in [0.15, 0.2) is 24.3 Å². The molecule has 0 unspecified atom stereocenters. The van der Waals surface area contributed by atoms with Gasteiger partial charge in [0.05, 0.1) is 0 Å². The first-order valence-electron chi connectivity index (χ1n) is 7.18. The van der Waals surface area contributed by atoms with Crippen molar-refractivity contribution in [2.45, 2.75) is 78.1 Å². The Morgan fingerprint density at radius 2 is 1.12 bits per heavy atom. The third-order valence-electron chi connectivity index (χ3n) is 2.87. The number of hydrogen-bond acceptors (Lipinski definition) is 0. The summed E-state index contributed by atoms with van der Waals surface area (Å²) < 4.78 is 0. The van der Waals surface area contributed by atoms with Gasteiger partial charge < -0.3 is 0 Å². The molecule has 0 amide bonds. The minimum atomic E-state index is 1.25. The van der Waals surface area contributed by atoms with Crippen LogP contribution in [-0.2, 0) is 0 Å². The van der Waals surface area contributed by atoms with Gasteiger partial charge in [-0.05, 0) is 45.4 Å². The first-order valence-corrected chi connectivity index (χ1v) is 7.18. The predicted molar refractivity (Wildman–Crippen MR) is 75.8 cm³/mol. The third-order valence-corrected chi connectivity index (χ3v) is 2.87. The van der Waals surface area contributed by atoms with E-state index >= 15 is 0 Å². The number of hydrogen-bond donors (Lipinski definition) is 0. The lowest BCUT2D eigenvalue weighted by Gasteiger charge is -1.96. The number of unbranched alkanes of at least 4 members (excludes halogenated alkanes) is 8. The smallest absolute Gasteiger partial charge is 0.0351 e. The van der Waals surface area contributed by atoms with Crippen molar-refractivity contribution in [3.05, 3.63) is 24.3 Å². The molecule has 0 aliphatic carbocycles. The first kappa shape index (κ1) is 15.5. The molecule has 0 saturated carbocycles. The molecule has 0 aromatic rings. The summed E-state index contributed by atoms with van der Waals surface area (Å²) in [6.45, 7) is 4.37. The van der Waals surface area contributed by atoms with Crippen molar-refractivity contribution >= 4 is 0 Å². The Morgan fingerprint density at radius 3 is 1.69 bits per heavy atom. The van der Waals surface area contributed by atoms with Gasteiger partial charge in [-0.3, -0.25) is 0 Å². The van der Waals surface area contributed by atoms with Crippen molar-refractivity contribution < 1.29 is 0 Å². The molecule has 94 valence electrons. The largest absolute Gasteiger partial charge is 0.0917 e. The molecule has 0 nitrogen and oxygen atoms in total. The minimum absolute atomic E-state index is 1.25. The van der Waals surface area contributed by atoms with E-state index in [-0.39, 0.29) is 0 Å². The van der Waals surface area contributed by atoms with Crippen molar-refractivity contribution in [3.63, 3.8) is 0 Å². The van der Waals surface area contributed by atoms with Crippen molar-refractivity contribution in [2.24, 2.45) is 0 Å². The molecule has 0 aromatic carbocycles. The van der Waals surface area contributed by atoms with Crippen LogP contribution in [-0.4, -0.2) is 0 Å². The summed E-state index contributed by atoms with van der Waals surface area (Å²) in [6.07, 6.45) is 22.6. The van der Waals surface area contributed by atoms with Gasteiger partial charge in [-0.15, -0.1) is 0 Å². The van der Waals surface area contributed by atoms with Crippen LogP contribution in [0.25, 0.3) is 0 Å². The topological polar surface area (TPSA) is 0 Å². The molecule has 0 aliphatic rings.